The molecule has 0 aromatic heterocycles. The van der Waals surface area contributed by atoms with Crippen LogP contribution in [0.2, 0.25) is 0 Å². The van der Waals surface area contributed by atoms with Crippen LogP contribution in [0.1, 0.15) is 51.4 Å². The highest BCUT2D eigenvalue weighted by Crippen LogP contribution is 2.48. The third-order valence-electron chi connectivity index (χ3n) is 5.71. The van der Waals surface area contributed by atoms with Crippen LogP contribution < -0.4 is 5.32 Å². The SMILES string of the molecule is CN(CCNC1CCCC1)CC1CC2CCC1C2. The Morgan fingerprint density at radius 1 is 1.06 bits per heavy atom. The summed E-state index contributed by atoms with van der Waals surface area (Å²) in [7, 11) is 2.32. The molecule has 0 aromatic carbocycles. The van der Waals surface area contributed by atoms with Gasteiger partial charge in [0.25, 0.3) is 0 Å². The normalized spacial score (nSPS) is 36.0. The van der Waals surface area contributed by atoms with Crippen LogP contribution in [0.15, 0.2) is 0 Å². The van der Waals surface area contributed by atoms with Crippen molar-refractivity contribution in [1.82, 2.24) is 10.2 Å². The van der Waals surface area contributed by atoms with Crippen molar-refractivity contribution in [2.75, 3.05) is 26.7 Å². The van der Waals surface area contributed by atoms with Gasteiger partial charge >= 0.3 is 0 Å². The minimum absolute atomic E-state index is 0.834. The van der Waals surface area contributed by atoms with E-state index in [0.29, 0.717) is 0 Å². The number of hydrogen-bond acceptors (Lipinski definition) is 2. The molecule has 3 atom stereocenters. The number of nitrogens with zero attached hydrogens (tertiary/aromatic N) is 1. The molecule has 3 saturated carbocycles. The van der Waals surface area contributed by atoms with Crippen molar-refractivity contribution < 1.29 is 0 Å². The van der Waals surface area contributed by atoms with Gasteiger partial charge in [-0.25, -0.2) is 0 Å². The minimum Gasteiger partial charge on any atom is -0.313 e. The van der Waals surface area contributed by atoms with E-state index in [1.165, 1.54) is 64.6 Å². The van der Waals surface area contributed by atoms with E-state index >= 15 is 0 Å². The van der Waals surface area contributed by atoms with Gasteiger partial charge in [0, 0.05) is 25.7 Å². The lowest BCUT2D eigenvalue weighted by atomic mass is 9.88. The molecule has 18 heavy (non-hydrogen) atoms. The van der Waals surface area contributed by atoms with Crippen molar-refractivity contribution in [3.63, 3.8) is 0 Å². The van der Waals surface area contributed by atoms with Gasteiger partial charge in [0.1, 0.15) is 0 Å². The Morgan fingerprint density at radius 3 is 2.56 bits per heavy atom. The molecule has 3 fully saturated rings. The molecule has 3 aliphatic rings. The van der Waals surface area contributed by atoms with Crippen LogP contribution in [0.25, 0.3) is 0 Å². The zero-order valence-corrected chi connectivity index (χ0v) is 12.0. The Morgan fingerprint density at radius 2 is 1.89 bits per heavy atom. The fraction of sp³-hybridized carbons (Fsp3) is 1.00. The van der Waals surface area contributed by atoms with Crippen LogP contribution in [-0.4, -0.2) is 37.6 Å². The first-order valence-electron chi connectivity index (χ1n) is 8.23. The van der Waals surface area contributed by atoms with Crippen molar-refractivity contribution >= 4 is 0 Å². The lowest BCUT2D eigenvalue weighted by molar-refractivity contribution is 0.218. The highest BCUT2D eigenvalue weighted by molar-refractivity contribution is 4.91. The van der Waals surface area contributed by atoms with Crippen molar-refractivity contribution in [2.45, 2.75) is 57.4 Å². The van der Waals surface area contributed by atoms with Gasteiger partial charge in [-0.15, -0.1) is 0 Å². The van der Waals surface area contributed by atoms with E-state index in [1.807, 2.05) is 0 Å². The largest absolute Gasteiger partial charge is 0.313 e. The lowest BCUT2D eigenvalue weighted by Crippen LogP contribution is -2.37. The maximum atomic E-state index is 3.73. The summed E-state index contributed by atoms with van der Waals surface area (Å²) in [5.74, 6) is 3.21. The van der Waals surface area contributed by atoms with Gasteiger partial charge in [0.15, 0.2) is 0 Å². The molecular formula is C16H30N2. The topological polar surface area (TPSA) is 15.3 Å². The van der Waals surface area contributed by atoms with Gasteiger partial charge in [-0.3, -0.25) is 0 Å². The molecular weight excluding hydrogens is 220 g/mol. The molecule has 0 aliphatic heterocycles. The summed E-state index contributed by atoms with van der Waals surface area (Å²) in [6.45, 7) is 3.79. The lowest BCUT2D eigenvalue weighted by Gasteiger charge is -2.27. The molecule has 2 nitrogen and oxygen atoms in total. The standard InChI is InChI=1S/C16H30N2/c1-18(9-8-17-16-4-2-3-5-16)12-15-11-13-6-7-14(15)10-13/h13-17H,2-12H2,1H3. The highest BCUT2D eigenvalue weighted by atomic mass is 15.1. The molecule has 0 spiro atoms. The van der Waals surface area contributed by atoms with Crippen LogP contribution in [-0.2, 0) is 0 Å². The van der Waals surface area contributed by atoms with E-state index in [1.54, 1.807) is 6.42 Å². The van der Waals surface area contributed by atoms with Crippen LogP contribution >= 0.6 is 0 Å². The average molecular weight is 250 g/mol. The summed E-state index contributed by atoms with van der Waals surface area (Å²) in [5.41, 5.74) is 0. The highest BCUT2D eigenvalue weighted by Gasteiger charge is 2.39. The zero-order valence-electron chi connectivity index (χ0n) is 12.0. The third kappa shape index (κ3) is 3.08. The molecule has 0 radical (unpaired) electrons. The van der Waals surface area contributed by atoms with Gasteiger partial charge in [0.2, 0.25) is 0 Å². The van der Waals surface area contributed by atoms with E-state index in [9.17, 15) is 0 Å². The number of fused-ring (bicyclic) bond motifs is 2. The fourth-order valence-corrected chi connectivity index (χ4v) is 4.68. The Bertz CT molecular complexity index is 260. The van der Waals surface area contributed by atoms with Crippen molar-refractivity contribution in [3.05, 3.63) is 0 Å². The molecule has 3 rings (SSSR count). The summed E-state index contributed by atoms with van der Waals surface area (Å²) in [6, 6.07) is 0.834. The van der Waals surface area contributed by atoms with E-state index in [2.05, 4.69) is 17.3 Å². The Labute approximate surface area is 113 Å². The quantitative estimate of drug-likeness (QED) is 0.780. The van der Waals surface area contributed by atoms with Crippen molar-refractivity contribution in [3.8, 4) is 0 Å². The summed E-state index contributed by atoms with van der Waals surface area (Å²) in [6.07, 6.45) is 11.9. The fourth-order valence-electron chi connectivity index (χ4n) is 4.68. The van der Waals surface area contributed by atoms with Crippen LogP contribution in [0, 0.1) is 17.8 Å². The van der Waals surface area contributed by atoms with Crippen LogP contribution in [0.3, 0.4) is 0 Å². The van der Waals surface area contributed by atoms with Gasteiger partial charge in [-0.05, 0) is 56.9 Å². The summed E-state index contributed by atoms with van der Waals surface area (Å²) < 4.78 is 0. The van der Waals surface area contributed by atoms with Gasteiger partial charge in [0.05, 0.1) is 0 Å². The van der Waals surface area contributed by atoms with Crippen molar-refractivity contribution in [1.29, 1.82) is 0 Å². The van der Waals surface area contributed by atoms with Crippen molar-refractivity contribution in [2.24, 2.45) is 17.8 Å². The maximum Gasteiger partial charge on any atom is 0.0104 e. The van der Waals surface area contributed by atoms with E-state index in [-0.39, 0.29) is 0 Å². The van der Waals surface area contributed by atoms with E-state index in [4.69, 9.17) is 0 Å². The number of likely N-dealkylation sites (N-methyl/N-ethyl adjacent to an activating group) is 1. The number of hydrogen-bond donors (Lipinski definition) is 1. The molecule has 3 unspecified atom stereocenters. The third-order valence-corrected chi connectivity index (χ3v) is 5.71. The zero-order chi connectivity index (χ0) is 12.4. The molecule has 104 valence electrons. The molecule has 2 bridgehead atoms. The second kappa shape index (κ2) is 5.92. The van der Waals surface area contributed by atoms with Gasteiger partial charge in [-0.2, -0.15) is 0 Å². The predicted molar refractivity (Wildman–Crippen MR) is 76.7 cm³/mol. The Kier molecular flexibility index (Phi) is 4.25. The average Bonchev–Trinajstić information content (AvgIpc) is 3.04. The molecule has 0 amide bonds. The molecule has 2 heteroatoms. The van der Waals surface area contributed by atoms with Crippen LogP contribution in [0.5, 0.6) is 0 Å². The first-order valence-corrected chi connectivity index (χ1v) is 8.23. The summed E-state index contributed by atoms with van der Waals surface area (Å²) in [5, 5.41) is 3.73. The number of nitrogens with one attached hydrogen (secondary N) is 1. The summed E-state index contributed by atoms with van der Waals surface area (Å²) in [4.78, 5) is 2.58. The first kappa shape index (κ1) is 12.9. The minimum atomic E-state index is 0.834. The molecule has 0 heterocycles. The van der Waals surface area contributed by atoms with Gasteiger partial charge < -0.3 is 10.2 Å². The Hall–Kier alpha value is -0.0800. The molecule has 3 aliphatic carbocycles. The monoisotopic (exact) mass is 250 g/mol. The molecule has 1 N–H and O–H groups in total. The second-order valence-corrected chi connectivity index (χ2v) is 7.13. The summed E-state index contributed by atoms with van der Waals surface area (Å²) >= 11 is 0. The molecule has 0 aromatic rings. The maximum absolute atomic E-state index is 3.73. The first-order chi connectivity index (χ1) is 8.81. The smallest absolute Gasteiger partial charge is 0.0104 e. The number of rotatable bonds is 6. The van der Waals surface area contributed by atoms with E-state index in [0.717, 1.165) is 23.8 Å². The Balaban J connectivity index is 1.31. The van der Waals surface area contributed by atoms with Gasteiger partial charge in [-0.1, -0.05) is 19.3 Å². The molecule has 0 saturated heterocycles. The van der Waals surface area contributed by atoms with E-state index < -0.39 is 0 Å². The van der Waals surface area contributed by atoms with Crippen LogP contribution in [0.4, 0.5) is 0 Å². The predicted octanol–water partition coefficient (Wildman–Crippen LogP) is 2.89. The second-order valence-electron chi connectivity index (χ2n) is 7.13.